The molecule has 0 saturated carbocycles. The normalized spacial score (nSPS) is 11.5. The number of sulfonamides is 1. The summed E-state index contributed by atoms with van der Waals surface area (Å²) in [7, 11) is -3.56. The van der Waals surface area contributed by atoms with E-state index in [1.807, 2.05) is 0 Å². The van der Waals surface area contributed by atoms with Gasteiger partial charge in [-0.15, -0.1) is 0 Å². The molecule has 0 unspecified atom stereocenters. The van der Waals surface area contributed by atoms with Crippen LogP contribution in [0.4, 0.5) is 11.4 Å². The summed E-state index contributed by atoms with van der Waals surface area (Å²) in [6, 6.07) is 12.2. The van der Waals surface area contributed by atoms with Gasteiger partial charge < -0.3 is 15.2 Å². The van der Waals surface area contributed by atoms with Crippen LogP contribution in [0, 0.1) is 0 Å². The molecule has 0 heterocycles. The van der Waals surface area contributed by atoms with Gasteiger partial charge in [0, 0.05) is 12.2 Å². The number of para-hydroxylation sites is 2. The Labute approximate surface area is 163 Å². The summed E-state index contributed by atoms with van der Waals surface area (Å²) in [5.74, 6) is -0.210. The maximum atomic E-state index is 12.3. The number of ether oxygens (including phenoxy) is 1. The quantitative estimate of drug-likeness (QED) is 0.515. The van der Waals surface area contributed by atoms with E-state index < -0.39 is 10.0 Å². The number of rotatable bonds is 10. The number of hydrogen-bond donors (Lipinski definition) is 3. The van der Waals surface area contributed by atoms with Gasteiger partial charge >= 0.3 is 0 Å². The Morgan fingerprint density at radius 1 is 1.00 bits per heavy atom. The molecule has 2 aromatic carbocycles. The second-order valence-corrected chi connectivity index (χ2v) is 7.99. The maximum Gasteiger partial charge on any atom is 0.215 e. The highest BCUT2D eigenvalue weighted by molar-refractivity contribution is 7.88. The molecule has 0 fully saturated rings. The first-order chi connectivity index (χ1) is 12.4. The predicted octanol–water partition coefficient (Wildman–Crippen LogP) is 3.17. The van der Waals surface area contributed by atoms with Crippen molar-refractivity contribution in [2.45, 2.75) is 5.75 Å². The lowest BCUT2D eigenvalue weighted by molar-refractivity contribution is 0.0961. The minimum Gasteiger partial charge on any atom is -0.394 e. The second-order valence-electron chi connectivity index (χ2n) is 5.37. The molecule has 9 heteroatoms. The van der Waals surface area contributed by atoms with E-state index in [0.717, 1.165) is 0 Å². The molecule has 2 rings (SSSR count). The van der Waals surface area contributed by atoms with Crippen LogP contribution in [0.3, 0.4) is 0 Å². The van der Waals surface area contributed by atoms with Crippen molar-refractivity contribution >= 4 is 44.6 Å². The molecule has 142 valence electrons. The predicted molar refractivity (Wildman–Crippen MR) is 105 cm³/mol. The lowest BCUT2D eigenvalue weighted by atomic mass is 10.2. The Morgan fingerprint density at radius 2 is 1.69 bits per heavy atom. The van der Waals surface area contributed by atoms with Crippen molar-refractivity contribution in [2.75, 3.05) is 31.7 Å². The SMILES string of the molecule is O=S(=O)(Cc1ccccc1Nc1c(Cl)cccc1Cl)NCCOCCO. The van der Waals surface area contributed by atoms with Crippen molar-refractivity contribution in [2.24, 2.45) is 0 Å². The van der Waals surface area contributed by atoms with E-state index in [4.69, 9.17) is 33.0 Å². The molecule has 0 amide bonds. The minimum atomic E-state index is -3.56. The molecule has 0 aliphatic heterocycles. The first-order valence-electron chi connectivity index (χ1n) is 7.88. The number of aliphatic hydroxyl groups excluding tert-OH is 1. The van der Waals surface area contributed by atoms with Gasteiger partial charge in [0.25, 0.3) is 0 Å². The van der Waals surface area contributed by atoms with E-state index in [1.54, 1.807) is 42.5 Å². The van der Waals surface area contributed by atoms with E-state index >= 15 is 0 Å². The number of aliphatic hydroxyl groups is 1. The fourth-order valence-electron chi connectivity index (χ4n) is 2.21. The molecule has 0 aromatic heterocycles. The van der Waals surface area contributed by atoms with Crippen molar-refractivity contribution < 1.29 is 18.3 Å². The Kier molecular flexibility index (Phi) is 8.15. The van der Waals surface area contributed by atoms with Gasteiger partial charge in [0.2, 0.25) is 10.0 Å². The molecular formula is C17H20Cl2N2O4S. The van der Waals surface area contributed by atoms with Crippen molar-refractivity contribution in [1.82, 2.24) is 4.72 Å². The first-order valence-corrected chi connectivity index (χ1v) is 10.3. The van der Waals surface area contributed by atoms with Crippen LogP contribution in [-0.4, -0.2) is 39.9 Å². The Morgan fingerprint density at radius 3 is 2.38 bits per heavy atom. The van der Waals surface area contributed by atoms with Gasteiger partial charge in [-0.2, -0.15) is 0 Å². The molecule has 26 heavy (non-hydrogen) atoms. The van der Waals surface area contributed by atoms with Gasteiger partial charge in [0.1, 0.15) is 0 Å². The minimum absolute atomic E-state index is 0.101. The molecular weight excluding hydrogens is 399 g/mol. The highest BCUT2D eigenvalue weighted by atomic mass is 35.5. The van der Waals surface area contributed by atoms with Crippen LogP contribution in [0.5, 0.6) is 0 Å². The van der Waals surface area contributed by atoms with Crippen molar-refractivity contribution in [3.63, 3.8) is 0 Å². The van der Waals surface area contributed by atoms with Gasteiger partial charge in [0.15, 0.2) is 0 Å². The number of benzene rings is 2. The van der Waals surface area contributed by atoms with Gasteiger partial charge in [-0.1, -0.05) is 47.5 Å². The molecule has 3 N–H and O–H groups in total. The summed E-state index contributed by atoms with van der Waals surface area (Å²) >= 11 is 12.3. The standard InChI is InChI=1S/C17H20Cl2N2O4S/c18-14-5-3-6-15(19)17(14)21-16-7-2-1-4-13(16)12-26(23,24)20-8-10-25-11-9-22/h1-7,20-22H,8-12H2. The summed E-state index contributed by atoms with van der Waals surface area (Å²) in [5, 5.41) is 12.6. The molecule has 0 spiro atoms. The van der Waals surface area contributed by atoms with Crippen LogP contribution < -0.4 is 10.0 Å². The van der Waals surface area contributed by atoms with E-state index in [9.17, 15) is 8.42 Å². The molecule has 0 radical (unpaired) electrons. The zero-order chi connectivity index (χ0) is 19.0. The third kappa shape index (κ3) is 6.42. The molecule has 6 nitrogen and oxygen atoms in total. The first kappa shape index (κ1) is 21.0. The molecule has 2 aromatic rings. The van der Waals surface area contributed by atoms with Crippen molar-refractivity contribution in [3.8, 4) is 0 Å². The lowest BCUT2D eigenvalue weighted by Crippen LogP contribution is -2.29. The third-order valence-corrected chi connectivity index (χ3v) is 5.35. The summed E-state index contributed by atoms with van der Waals surface area (Å²) in [5.41, 5.74) is 1.70. The molecule has 0 atom stereocenters. The van der Waals surface area contributed by atoms with E-state index in [-0.39, 0.29) is 32.1 Å². The topological polar surface area (TPSA) is 87.7 Å². The zero-order valence-corrected chi connectivity index (χ0v) is 16.2. The summed E-state index contributed by atoms with van der Waals surface area (Å²) in [6.45, 7) is 0.395. The zero-order valence-electron chi connectivity index (χ0n) is 13.9. The van der Waals surface area contributed by atoms with Crippen molar-refractivity contribution in [1.29, 1.82) is 0 Å². The van der Waals surface area contributed by atoms with E-state index in [2.05, 4.69) is 10.0 Å². The summed E-state index contributed by atoms with van der Waals surface area (Å²) in [6.07, 6.45) is 0. The van der Waals surface area contributed by atoms with Crippen LogP contribution in [-0.2, 0) is 20.5 Å². The average molecular weight is 419 g/mol. The second kappa shape index (κ2) is 10.1. The monoisotopic (exact) mass is 418 g/mol. The number of anilines is 2. The average Bonchev–Trinajstić information content (AvgIpc) is 2.59. The molecule has 0 saturated heterocycles. The molecule has 0 aliphatic rings. The lowest BCUT2D eigenvalue weighted by Gasteiger charge is -2.15. The Hall–Kier alpha value is -1.35. The van der Waals surface area contributed by atoms with Crippen LogP contribution in [0.2, 0.25) is 10.0 Å². The number of hydrogen-bond acceptors (Lipinski definition) is 5. The fraction of sp³-hybridized carbons (Fsp3) is 0.294. The Balaban J connectivity index is 2.09. The van der Waals surface area contributed by atoms with Crippen LogP contribution >= 0.6 is 23.2 Å². The van der Waals surface area contributed by atoms with Crippen LogP contribution in [0.1, 0.15) is 5.56 Å². The highest BCUT2D eigenvalue weighted by Gasteiger charge is 2.15. The summed E-state index contributed by atoms with van der Waals surface area (Å²) < 4.78 is 32.1. The van der Waals surface area contributed by atoms with E-state index in [1.165, 1.54) is 0 Å². The summed E-state index contributed by atoms with van der Waals surface area (Å²) in [4.78, 5) is 0. The van der Waals surface area contributed by atoms with E-state index in [0.29, 0.717) is 27.0 Å². The largest absolute Gasteiger partial charge is 0.394 e. The maximum absolute atomic E-state index is 12.3. The number of halogens is 2. The number of nitrogens with one attached hydrogen (secondary N) is 2. The van der Waals surface area contributed by atoms with Crippen LogP contribution in [0.15, 0.2) is 42.5 Å². The third-order valence-electron chi connectivity index (χ3n) is 3.39. The Bertz CT molecular complexity index is 811. The fourth-order valence-corrected chi connectivity index (χ4v) is 3.86. The van der Waals surface area contributed by atoms with Gasteiger partial charge in [-0.05, 0) is 23.8 Å². The smallest absolute Gasteiger partial charge is 0.215 e. The van der Waals surface area contributed by atoms with Crippen molar-refractivity contribution in [3.05, 3.63) is 58.1 Å². The van der Waals surface area contributed by atoms with Crippen LogP contribution in [0.25, 0.3) is 0 Å². The van der Waals surface area contributed by atoms with Gasteiger partial charge in [0.05, 0.1) is 41.3 Å². The molecule has 0 aliphatic carbocycles. The molecule has 0 bridgehead atoms. The highest BCUT2D eigenvalue weighted by Crippen LogP contribution is 2.33. The van der Waals surface area contributed by atoms with Gasteiger partial charge in [-0.25, -0.2) is 13.1 Å². The van der Waals surface area contributed by atoms with Gasteiger partial charge in [-0.3, -0.25) is 0 Å².